The highest BCUT2D eigenvalue weighted by atomic mass is 19.4. The number of benzene rings is 1. The normalized spacial score (nSPS) is 13.9. The fourth-order valence-electron chi connectivity index (χ4n) is 1.67. The van der Waals surface area contributed by atoms with Gasteiger partial charge in [-0.3, -0.25) is 0 Å². The first-order chi connectivity index (χ1) is 8.34. The van der Waals surface area contributed by atoms with Gasteiger partial charge < -0.3 is 10.1 Å². The summed E-state index contributed by atoms with van der Waals surface area (Å²) in [5.74, 6) is 0. The first-order valence-electron chi connectivity index (χ1n) is 5.81. The predicted molar refractivity (Wildman–Crippen MR) is 64.3 cm³/mol. The zero-order valence-electron chi connectivity index (χ0n) is 10.7. The maximum absolute atomic E-state index is 12.6. The molecule has 0 aromatic heterocycles. The molecule has 1 N–H and O–H groups in total. The molecule has 0 aliphatic carbocycles. The molecule has 1 unspecified atom stereocenters. The summed E-state index contributed by atoms with van der Waals surface area (Å²) < 4.78 is 43.5. The van der Waals surface area contributed by atoms with Crippen molar-refractivity contribution in [2.24, 2.45) is 0 Å². The van der Waals surface area contributed by atoms with Gasteiger partial charge in [0.2, 0.25) is 0 Å². The summed E-state index contributed by atoms with van der Waals surface area (Å²) in [5.41, 5.74) is -0.110. The topological polar surface area (TPSA) is 21.3 Å². The molecule has 1 atom stereocenters. The summed E-state index contributed by atoms with van der Waals surface area (Å²) in [7, 11) is 1.74. The first kappa shape index (κ1) is 15.0. The van der Waals surface area contributed by atoms with Crippen LogP contribution in [0.2, 0.25) is 0 Å². The summed E-state index contributed by atoms with van der Waals surface area (Å²) in [6.45, 7) is 4.19. The highest BCUT2D eigenvalue weighted by Gasteiger charge is 2.31. The molecule has 1 rings (SSSR count). The quantitative estimate of drug-likeness (QED) is 0.877. The highest BCUT2D eigenvalue weighted by molar-refractivity contribution is 5.27. The Morgan fingerprint density at radius 1 is 1.28 bits per heavy atom. The van der Waals surface area contributed by atoms with E-state index in [-0.39, 0.29) is 12.2 Å². The SMILES string of the molecule is CNCC(OC(C)C)c1cccc(C(F)(F)F)c1. The molecule has 1 aromatic rings. The first-order valence-corrected chi connectivity index (χ1v) is 5.81. The van der Waals surface area contributed by atoms with Gasteiger partial charge in [-0.1, -0.05) is 12.1 Å². The van der Waals surface area contributed by atoms with Crippen molar-refractivity contribution in [2.45, 2.75) is 32.2 Å². The van der Waals surface area contributed by atoms with E-state index in [9.17, 15) is 13.2 Å². The van der Waals surface area contributed by atoms with Crippen LogP contribution in [0.15, 0.2) is 24.3 Å². The van der Waals surface area contributed by atoms with Crippen molar-refractivity contribution in [1.29, 1.82) is 0 Å². The second kappa shape index (κ2) is 6.20. The molecule has 0 heterocycles. The smallest absolute Gasteiger partial charge is 0.370 e. The Morgan fingerprint density at radius 3 is 2.44 bits per heavy atom. The minimum absolute atomic E-state index is 0.0436. The third kappa shape index (κ3) is 4.31. The molecule has 0 aliphatic heterocycles. The fraction of sp³-hybridized carbons (Fsp3) is 0.538. The van der Waals surface area contributed by atoms with Gasteiger partial charge in [0.15, 0.2) is 0 Å². The van der Waals surface area contributed by atoms with E-state index in [1.807, 2.05) is 13.8 Å². The summed E-state index contributed by atoms with van der Waals surface area (Å²) >= 11 is 0. The van der Waals surface area contributed by atoms with Gasteiger partial charge in [-0.15, -0.1) is 0 Å². The average Bonchev–Trinajstić information content (AvgIpc) is 2.27. The molecule has 0 bridgehead atoms. The molecule has 0 saturated heterocycles. The van der Waals surface area contributed by atoms with Gasteiger partial charge in [-0.05, 0) is 38.6 Å². The Morgan fingerprint density at radius 2 is 1.94 bits per heavy atom. The maximum atomic E-state index is 12.6. The van der Waals surface area contributed by atoms with Crippen molar-refractivity contribution < 1.29 is 17.9 Å². The van der Waals surface area contributed by atoms with E-state index in [0.29, 0.717) is 12.1 Å². The van der Waals surface area contributed by atoms with Crippen LogP contribution in [-0.2, 0) is 10.9 Å². The number of alkyl halides is 3. The van der Waals surface area contributed by atoms with E-state index < -0.39 is 11.7 Å². The standard InChI is InChI=1S/C13H18F3NO/c1-9(2)18-12(8-17-3)10-5-4-6-11(7-10)13(14,15)16/h4-7,9,12,17H,8H2,1-3H3. The van der Waals surface area contributed by atoms with Gasteiger partial charge in [0.05, 0.1) is 17.8 Å². The molecule has 2 nitrogen and oxygen atoms in total. The molecule has 0 spiro atoms. The minimum atomic E-state index is -4.32. The van der Waals surface area contributed by atoms with E-state index in [4.69, 9.17) is 4.74 Å². The Balaban J connectivity index is 2.97. The van der Waals surface area contributed by atoms with E-state index in [1.165, 1.54) is 6.07 Å². The lowest BCUT2D eigenvalue weighted by Crippen LogP contribution is -2.22. The van der Waals surface area contributed by atoms with Crippen LogP contribution in [0.3, 0.4) is 0 Å². The van der Waals surface area contributed by atoms with Gasteiger partial charge in [-0.25, -0.2) is 0 Å². The molecule has 5 heteroatoms. The number of likely N-dealkylation sites (N-methyl/N-ethyl adjacent to an activating group) is 1. The lowest BCUT2D eigenvalue weighted by molar-refractivity contribution is -0.137. The van der Waals surface area contributed by atoms with Crippen LogP contribution in [0.25, 0.3) is 0 Å². The number of hydrogen-bond acceptors (Lipinski definition) is 2. The van der Waals surface area contributed by atoms with Gasteiger partial charge >= 0.3 is 6.18 Å². The van der Waals surface area contributed by atoms with Crippen LogP contribution in [0.4, 0.5) is 13.2 Å². The number of ether oxygens (including phenoxy) is 1. The van der Waals surface area contributed by atoms with Crippen LogP contribution in [0, 0.1) is 0 Å². The maximum Gasteiger partial charge on any atom is 0.416 e. The number of hydrogen-bond donors (Lipinski definition) is 1. The third-order valence-corrected chi connectivity index (χ3v) is 2.41. The van der Waals surface area contributed by atoms with Crippen molar-refractivity contribution >= 4 is 0 Å². The van der Waals surface area contributed by atoms with Crippen LogP contribution in [0.5, 0.6) is 0 Å². The third-order valence-electron chi connectivity index (χ3n) is 2.41. The molecular weight excluding hydrogens is 243 g/mol. The lowest BCUT2D eigenvalue weighted by Gasteiger charge is -2.21. The van der Waals surface area contributed by atoms with Gasteiger partial charge in [0.1, 0.15) is 0 Å². The molecule has 0 fully saturated rings. The highest BCUT2D eigenvalue weighted by Crippen LogP contribution is 2.31. The zero-order chi connectivity index (χ0) is 13.8. The molecular formula is C13H18F3NO. The molecule has 0 saturated carbocycles. The molecule has 0 amide bonds. The number of nitrogens with one attached hydrogen (secondary N) is 1. The van der Waals surface area contributed by atoms with Crippen molar-refractivity contribution in [3.63, 3.8) is 0 Å². The van der Waals surface area contributed by atoms with Crippen molar-refractivity contribution in [3.05, 3.63) is 35.4 Å². The summed E-state index contributed by atoms with van der Waals surface area (Å²) in [4.78, 5) is 0. The number of halogens is 3. The van der Waals surface area contributed by atoms with Crippen molar-refractivity contribution in [2.75, 3.05) is 13.6 Å². The van der Waals surface area contributed by atoms with Crippen LogP contribution >= 0.6 is 0 Å². The number of rotatable bonds is 5. The molecule has 102 valence electrons. The monoisotopic (exact) mass is 261 g/mol. The van der Waals surface area contributed by atoms with Crippen LogP contribution < -0.4 is 5.32 Å². The minimum Gasteiger partial charge on any atom is -0.370 e. The fourth-order valence-corrected chi connectivity index (χ4v) is 1.67. The molecule has 1 aromatic carbocycles. The summed E-state index contributed by atoms with van der Waals surface area (Å²) in [5, 5.41) is 2.92. The Hall–Kier alpha value is -1.07. The van der Waals surface area contributed by atoms with Crippen molar-refractivity contribution in [3.8, 4) is 0 Å². The zero-order valence-corrected chi connectivity index (χ0v) is 10.7. The second-order valence-electron chi connectivity index (χ2n) is 4.35. The lowest BCUT2D eigenvalue weighted by atomic mass is 10.1. The molecule has 18 heavy (non-hydrogen) atoms. The summed E-state index contributed by atoms with van der Waals surface area (Å²) in [6, 6.07) is 5.27. The van der Waals surface area contributed by atoms with Crippen molar-refractivity contribution in [1.82, 2.24) is 5.32 Å². The Kier molecular flexibility index (Phi) is 5.16. The van der Waals surface area contributed by atoms with Gasteiger partial charge in [0.25, 0.3) is 0 Å². The molecule has 0 radical (unpaired) electrons. The van der Waals surface area contributed by atoms with E-state index >= 15 is 0 Å². The Bertz CT molecular complexity index is 377. The van der Waals surface area contributed by atoms with E-state index in [0.717, 1.165) is 12.1 Å². The second-order valence-corrected chi connectivity index (χ2v) is 4.35. The predicted octanol–water partition coefficient (Wildman–Crippen LogP) is 3.39. The Labute approximate surface area is 105 Å². The van der Waals surface area contributed by atoms with E-state index in [1.54, 1.807) is 13.1 Å². The van der Waals surface area contributed by atoms with Crippen LogP contribution in [0.1, 0.15) is 31.1 Å². The summed E-state index contributed by atoms with van der Waals surface area (Å²) in [6.07, 6.45) is -4.74. The van der Waals surface area contributed by atoms with Gasteiger partial charge in [-0.2, -0.15) is 13.2 Å². The largest absolute Gasteiger partial charge is 0.416 e. The molecule has 0 aliphatic rings. The average molecular weight is 261 g/mol. The van der Waals surface area contributed by atoms with Crippen LogP contribution in [-0.4, -0.2) is 19.7 Å². The van der Waals surface area contributed by atoms with Gasteiger partial charge in [0, 0.05) is 6.54 Å². The van der Waals surface area contributed by atoms with E-state index in [2.05, 4.69) is 5.32 Å².